The van der Waals surface area contributed by atoms with Crippen molar-refractivity contribution in [2.24, 2.45) is 0 Å². The van der Waals surface area contributed by atoms with Gasteiger partial charge in [0.2, 0.25) is 5.91 Å². The summed E-state index contributed by atoms with van der Waals surface area (Å²) in [6, 6.07) is -0.838. The van der Waals surface area contributed by atoms with Gasteiger partial charge in [0.15, 0.2) is 6.29 Å². The predicted octanol–water partition coefficient (Wildman–Crippen LogP) is 15.8. The van der Waals surface area contributed by atoms with E-state index in [2.05, 4.69) is 54.8 Å². The summed E-state index contributed by atoms with van der Waals surface area (Å²) < 4.78 is 16.7. The Morgan fingerprint density at radius 3 is 1.35 bits per heavy atom. The van der Waals surface area contributed by atoms with Gasteiger partial charge in [-0.25, -0.2) is 0 Å². The van der Waals surface area contributed by atoms with E-state index in [1.807, 2.05) is 19.1 Å². The summed E-state index contributed by atoms with van der Waals surface area (Å²) >= 11 is 0. The topological polar surface area (TPSA) is 175 Å². The molecule has 0 aromatic carbocycles. The Labute approximate surface area is 478 Å². The van der Waals surface area contributed by atoms with Crippen LogP contribution in [0.2, 0.25) is 0 Å². The fourth-order valence-electron chi connectivity index (χ4n) is 9.99. The third kappa shape index (κ3) is 45.0. The molecule has 1 rings (SSSR count). The van der Waals surface area contributed by atoms with Crippen LogP contribution in [0.15, 0.2) is 60.8 Å². The number of aliphatic hydroxyl groups is 5. The molecule has 1 aliphatic heterocycles. The summed E-state index contributed by atoms with van der Waals surface area (Å²) in [5.74, 6) is -0.208. The Hall–Kier alpha value is -2.64. The molecule has 78 heavy (non-hydrogen) atoms. The van der Waals surface area contributed by atoms with Crippen molar-refractivity contribution in [1.29, 1.82) is 0 Å². The first kappa shape index (κ1) is 73.4. The van der Waals surface area contributed by atoms with Crippen LogP contribution < -0.4 is 5.32 Å². The van der Waals surface area contributed by atoms with Gasteiger partial charge in [-0.1, -0.05) is 235 Å². The highest BCUT2D eigenvalue weighted by Gasteiger charge is 2.44. The third-order valence-corrected chi connectivity index (χ3v) is 15.1. The lowest BCUT2D eigenvalue weighted by Crippen LogP contribution is -2.60. The Balaban J connectivity index is 1.96. The van der Waals surface area contributed by atoms with Gasteiger partial charge in [-0.15, -0.1) is 0 Å². The molecule has 11 nitrogen and oxygen atoms in total. The minimum absolute atomic E-state index is 0.00320. The zero-order valence-corrected chi connectivity index (χ0v) is 50.1. The molecular weight excluding hydrogens is 979 g/mol. The van der Waals surface area contributed by atoms with Crippen LogP contribution in [0.5, 0.6) is 0 Å². The number of amides is 1. The van der Waals surface area contributed by atoms with Crippen LogP contribution in [-0.4, -0.2) is 100 Å². The minimum atomic E-state index is -1.58. The van der Waals surface area contributed by atoms with Gasteiger partial charge in [0.1, 0.15) is 24.4 Å². The maximum Gasteiger partial charge on any atom is 0.305 e. The molecule has 7 unspecified atom stereocenters. The van der Waals surface area contributed by atoms with Crippen LogP contribution in [0.4, 0.5) is 0 Å². The number of unbranched alkanes of at least 4 members (excludes halogenated alkanes) is 35. The van der Waals surface area contributed by atoms with Crippen LogP contribution in [0, 0.1) is 0 Å². The fourth-order valence-corrected chi connectivity index (χ4v) is 9.99. The SMILES string of the molecule is C/C=C/CC/C=C/CC/C=C/C(O)C(COC1OC(CO)C(O)C(O)C1O)NC(=O)CCCCCCCCCC/C=C\CCCCCCCCCCCCCCOC(=O)CCCCCCCCC/C=C\CCCCCCCC. The van der Waals surface area contributed by atoms with Crippen LogP contribution in [0.1, 0.15) is 290 Å². The standard InChI is InChI=1S/C67H121NO10/c1-3-5-7-9-11-13-14-15-16-25-29-32-35-39-43-47-51-55-63(72)76-56-52-48-44-40-36-33-30-27-24-22-20-18-17-19-21-23-26-28-31-34-38-42-46-50-54-62(71)68-59(60(70)53-49-45-41-37-12-10-8-6-4-2)58-77-67-66(75)65(74)64(73)61(57-69)78-67/h4,6,12,15-16,19,21,37,49,53,59-61,64-67,69-70,73-75H,3,5,7-11,13-14,17-18,20,22-36,38-48,50-52,54-58H2,1-2H3,(H,68,71)/b6-4+,16-15-,21-19-,37-12+,53-49+. The van der Waals surface area contributed by atoms with Gasteiger partial charge in [-0.05, 0) is 103 Å². The quantitative estimate of drug-likeness (QED) is 0.0195. The highest BCUT2D eigenvalue weighted by atomic mass is 16.7. The van der Waals surface area contributed by atoms with E-state index in [1.165, 1.54) is 186 Å². The number of ether oxygens (including phenoxy) is 3. The molecular formula is C67H121NO10. The summed E-state index contributed by atoms with van der Waals surface area (Å²) in [4.78, 5) is 25.1. The maximum absolute atomic E-state index is 13.0. The number of aliphatic hydroxyl groups excluding tert-OH is 5. The molecule has 0 radical (unpaired) electrons. The summed E-state index contributed by atoms with van der Waals surface area (Å²) in [5.41, 5.74) is 0. The van der Waals surface area contributed by atoms with Crippen molar-refractivity contribution in [3.63, 3.8) is 0 Å². The van der Waals surface area contributed by atoms with E-state index in [9.17, 15) is 35.1 Å². The van der Waals surface area contributed by atoms with Crippen molar-refractivity contribution in [2.45, 2.75) is 333 Å². The summed E-state index contributed by atoms with van der Waals surface area (Å²) in [5, 5.41) is 54.2. The number of carbonyl (C=O) groups is 2. The smallest absolute Gasteiger partial charge is 0.305 e. The van der Waals surface area contributed by atoms with Gasteiger partial charge in [0.05, 0.1) is 32.0 Å². The number of nitrogens with one attached hydrogen (secondary N) is 1. The molecule has 1 fully saturated rings. The Bertz CT molecular complexity index is 1480. The normalized spacial score (nSPS) is 18.9. The zero-order chi connectivity index (χ0) is 56.6. The number of rotatable bonds is 56. The molecule has 0 saturated carbocycles. The van der Waals surface area contributed by atoms with Crippen LogP contribution in [0.3, 0.4) is 0 Å². The summed E-state index contributed by atoms with van der Waals surface area (Å²) in [6.07, 6.45) is 63.7. The first-order chi connectivity index (χ1) is 38.2. The molecule has 0 aromatic heterocycles. The second-order valence-electron chi connectivity index (χ2n) is 22.5. The third-order valence-electron chi connectivity index (χ3n) is 15.1. The summed E-state index contributed by atoms with van der Waals surface area (Å²) in [6.45, 7) is 4.08. The maximum atomic E-state index is 13.0. The van der Waals surface area contributed by atoms with Crippen LogP contribution >= 0.6 is 0 Å². The van der Waals surface area contributed by atoms with Crippen LogP contribution in [0.25, 0.3) is 0 Å². The van der Waals surface area contributed by atoms with Gasteiger partial charge in [0, 0.05) is 12.8 Å². The molecule has 1 aliphatic rings. The highest BCUT2D eigenvalue weighted by molar-refractivity contribution is 5.76. The molecule has 454 valence electrons. The van der Waals surface area contributed by atoms with Gasteiger partial charge in [-0.3, -0.25) is 9.59 Å². The minimum Gasteiger partial charge on any atom is -0.466 e. The lowest BCUT2D eigenvalue weighted by atomic mass is 9.99. The largest absolute Gasteiger partial charge is 0.466 e. The molecule has 0 aromatic rings. The van der Waals surface area contributed by atoms with Crippen molar-refractivity contribution in [3.05, 3.63) is 60.8 Å². The molecule has 7 atom stereocenters. The van der Waals surface area contributed by atoms with Crippen molar-refractivity contribution in [3.8, 4) is 0 Å². The van der Waals surface area contributed by atoms with Crippen molar-refractivity contribution >= 4 is 11.9 Å². The first-order valence-electron chi connectivity index (χ1n) is 32.5. The number of esters is 1. The van der Waals surface area contributed by atoms with E-state index in [1.54, 1.807) is 6.08 Å². The molecule has 0 spiro atoms. The number of hydrogen-bond donors (Lipinski definition) is 6. The van der Waals surface area contributed by atoms with Crippen LogP contribution in [-0.2, 0) is 23.8 Å². The van der Waals surface area contributed by atoms with Gasteiger partial charge >= 0.3 is 5.97 Å². The Kier molecular flexibility index (Phi) is 52.9. The van der Waals surface area contributed by atoms with Crippen molar-refractivity contribution < 1.29 is 49.3 Å². The predicted molar refractivity (Wildman–Crippen MR) is 324 cm³/mol. The second kappa shape index (κ2) is 56.2. The molecule has 0 bridgehead atoms. The van der Waals surface area contributed by atoms with Crippen molar-refractivity contribution in [1.82, 2.24) is 5.32 Å². The average molecular weight is 1100 g/mol. The van der Waals surface area contributed by atoms with Gasteiger partial charge < -0.3 is 45.1 Å². The van der Waals surface area contributed by atoms with E-state index in [0.717, 1.165) is 77.0 Å². The molecule has 1 saturated heterocycles. The van der Waals surface area contributed by atoms with Crippen molar-refractivity contribution in [2.75, 3.05) is 19.8 Å². The van der Waals surface area contributed by atoms with E-state index in [0.29, 0.717) is 19.4 Å². The average Bonchev–Trinajstić information content (AvgIpc) is 3.44. The molecule has 1 amide bonds. The second-order valence-corrected chi connectivity index (χ2v) is 22.5. The number of carbonyl (C=O) groups excluding carboxylic acids is 2. The lowest BCUT2D eigenvalue weighted by molar-refractivity contribution is -0.302. The molecule has 1 heterocycles. The lowest BCUT2D eigenvalue weighted by Gasteiger charge is -2.40. The Morgan fingerprint density at radius 1 is 0.487 bits per heavy atom. The van der Waals surface area contributed by atoms with Gasteiger partial charge in [0.25, 0.3) is 0 Å². The molecule has 0 aliphatic carbocycles. The van der Waals surface area contributed by atoms with E-state index >= 15 is 0 Å². The summed E-state index contributed by atoms with van der Waals surface area (Å²) in [7, 11) is 0. The van der Waals surface area contributed by atoms with E-state index < -0.39 is 49.5 Å². The number of hydrogen-bond acceptors (Lipinski definition) is 10. The highest BCUT2D eigenvalue weighted by Crippen LogP contribution is 2.23. The van der Waals surface area contributed by atoms with E-state index in [4.69, 9.17) is 14.2 Å². The molecule has 6 N–H and O–H groups in total. The van der Waals surface area contributed by atoms with Gasteiger partial charge in [-0.2, -0.15) is 0 Å². The molecule has 11 heteroatoms. The number of allylic oxidation sites excluding steroid dienone is 9. The van der Waals surface area contributed by atoms with E-state index in [-0.39, 0.29) is 18.5 Å². The monoisotopic (exact) mass is 1100 g/mol. The zero-order valence-electron chi connectivity index (χ0n) is 50.1. The Morgan fingerprint density at radius 2 is 0.885 bits per heavy atom. The first-order valence-corrected chi connectivity index (χ1v) is 32.5. The fraction of sp³-hybridized carbons (Fsp3) is 0.821.